The highest BCUT2D eigenvalue weighted by Gasteiger charge is 2.07. The van der Waals surface area contributed by atoms with Crippen molar-refractivity contribution in [3.8, 4) is 17.6 Å². The lowest BCUT2D eigenvalue weighted by atomic mass is 10.1. The fraction of sp³-hybridized carbons (Fsp3) is 0.278. The van der Waals surface area contributed by atoms with Crippen LogP contribution in [0.3, 0.4) is 0 Å². The van der Waals surface area contributed by atoms with Gasteiger partial charge in [0.1, 0.15) is 24.7 Å². The molecule has 0 radical (unpaired) electrons. The third-order valence-corrected chi connectivity index (χ3v) is 4.14. The molecule has 0 fully saturated rings. The Kier molecular flexibility index (Phi) is 5.46. The molecule has 0 aliphatic rings. The summed E-state index contributed by atoms with van der Waals surface area (Å²) in [5.41, 5.74) is 4.11. The van der Waals surface area contributed by atoms with Crippen LogP contribution in [0.5, 0.6) is 11.5 Å². The van der Waals surface area contributed by atoms with Gasteiger partial charge >= 0.3 is 0 Å². The van der Waals surface area contributed by atoms with E-state index in [-0.39, 0.29) is 0 Å². The fourth-order valence-corrected chi connectivity index (χ4v) is 2.62. The molecule has 0 N–H and O–H groups in total. The Hall–Kier alpha value is -1.99. The van der Waals surface area contributed by atoms with Crippen LogP contribution in [-0.2, 0) is 0 Å². The summed E-state index contributed by atoms with van der Waals surface area (Å²) in [5.74, 6) is 1.64. The molecule has 22 heavy (non-hydrogen) atoms. The molecule has 2 aromatic rings. The van der Waals surface area contributed by atoms with Crippen molar-refractivity contribution in [1.29, 1.82) is 5.26 Å². The minimum absolute atomic E-state index is 0.442. The van der Waals surface area contributed by atoms with Gasteiger partial charge in [0.25, 0.3) is 0 Å². The van der Waals surface area contributed by atoms with Gasteiger partial charge < -0.3 is 9.47 Å². The highest BCUT2D eigenvalue weighted by atomic mass is 79.9. The minimum atomic E-state index is 0.442. The van der Waals surface area contributed by atoms with E-state index < -0.39 is 0 Å². The van der Waals surface area contributed by atoms with Crippen LogP contribution >= 0.6 is 15.9 Å². The third-order valence-electron chi connectivity index (χ3n) is 3.52. The van der Waals surface area contributed by atoms with Gasteiger partial charge in [0.05, 0.1) is 16.1 Å². The van der Waals surface area contributed by atoms with Crippen molar-refractivity contribution in [2.24, 2.45) is 0 Å². The van der Waals surface area contributed by atoms with E-state index >= 15 is 0 Å². The predicted octanol–water partition coefficient (Wildman–Crippen LogP) is 4.70. The van der Waals surface area contributed by atoms with E-state index in [1.165, 1.54) is 11.1 Å². The molecule has 0 saturated carbocycles. The van der Waals surface area contributed by atoms with Crippen LogP contribution in [0.1, 0.15) is 22.3 Å². The largest absolute Gasteiger partial charge is 0.489 e. The number of hydrogen-bond donors (Lipinski definition) is 0. The van der Waals surface area contributed by atoms with Crippen molar-refractivity contribution in [3.05, 3.63) is 57.1 Å². The molecule has 0 spiro atoms. The maximum absolute atomic E-state index is 8.84. The fourth-order valence-electron chi connectivity index (χ4n) is 2.13. The molecule has 0 aromatic heterocycles. The van der Waals surface area contributed by atoms with E-state index in [0.29, 0.717) is 24.5 Å². The van der Waals surface area contributed by atoms with Crippen LogP contribution in [0.4, 0.5) is 0 Å². The SMILES string of the molecule is Cc1ccc(C)c(OCCOc2ccc(C#N)cc2Br)c1C. The van der Waals surface area contributed by atoms with Gasteiger partial charge in [-0.3, -0.25) is 0 Å². The number of aryl methyl sites for hydroxylation is 2. The van der Waals surface area contributed by atoms with Crippen molar-refractivity contribution >= 4 is 15.9 Å². The molecule has 0 aliphatic carbocycles. The molecule has 2 aromatic carbocycles. The first-order chi connectivity index (χ1) is 10.5. The van der Waals surface area contributed by atoms with E-state index in [1.807, 2.05) is 6.92 Å². The third kappa shape index (κ3) is 3.80. The molecule has 0 unspecified atom stereocenters. The average Bonchev–Trinajstić information content (AvgIpc) is 2.51. The lowest BCUT2D eigenvalue weighted by Crippen LogP contribution is -2.11. The Labute approximate surface area is 139 Å². The van der Waals surface area contributed by atoms with Crippen molar-refractivity contribution in [3.63, 3.8) is 0 Å². The number of nitrogens with zero attached hydrogens (tertiary/aromatic N) is 1. The number of ether oxygens (including phenoxy) is 2. The Morgan fingerprint density at radius 1 is 1.00 bits per heavy atom. The molecule has 4 heteroatoms. The Morgan fingerprint density at radius 3 is 2.36 bits per heavy atom. The molecule has 3 nitrogen and oxygen atoms in total. The summed E-state index contributed by atoms with van der Waals surface area (Å²) < 4.78 is 12.3. The van der Waals surface area contributed by atoms with Crippen molar-refractivity contribution in [2.75, 3.05) is 13.2 Å². The van der Waals surface area contributed by atoms with Crippen molar-refractivity contribution in [1.82, 2.24) is 0 Å². The zero-order chi connectivity index (χ0) is 16.1. The van der Waals surface area contributed by atoms with Crippen molar-refractivity contribution < 1.29 is 9.47 Å². The number of nitriles is 1. The Bertz CT molecular complexity index is 720. The Morgan fingerprint density at radius 2 is 1.68 bits per heavy atom. The monoisotopic (exact) mass is 359 g/mol. The van der Waals surface area contributed by atoms with Gasteiger partial charge in [-0.1, -0.05) is 12.1 Å². The topological polar surface area (TPSA) is 42.2 Å². The standard InChI is InChI=1S/C18H18BrNO2/c1-12-4-5-13(2)18(14(12)3)22-9-8-21-17-7-6-15(11-20)10-16(17)19/h4-7,10H,8-9H2,1-3H3. The molecule has 0 atom stereocenters. The predicted molar refractivity (Wildman–Crippen MR) is 90.5 cm³/mol. The second-order valence-electron chi connectivity index (χ2n) is 5.11. The van der Waals surface area contributed by atoms with Crippen LogP contribution in [-0.4, -0.2) is 13.2 Å². The maximum Gasteiger partial charge on any atom is 0.133 e. The lowest BCUT2D eigenvalue weighted by Gasteiger charge is -2.14. The zero-order valence-corrected chi connectivity index (χ0v) is 14.5. The normalized spacial score (nSPS) is 10.1. The lowest BCUT2D eigenvalue weighted by molar-refractivity contribution is 0.214. The first kappa shape index (κ1) is 16.4. The molecule has 0 bridgehead atoms. The molecule has 0 saturated heterocycles. The zero-order valence-electron chi connectivity index (χ0n) is 12.9. The maximum atomic E-state index is 8.84. The molecule has 0 amide bonds. The van der Waals surface area contributed by atoms with Gasteiger partial charge in [-0.2, -0.15) is 5.26 Å². The van der Waals surface area contributed by atoms with Gasteiger partial charge in [0.15, 0.2) is 0 Å². The van der Waals surface area contributed by atoms with Crippen LogP contribution in [0.15, 0.2) is 34.8 Å². The highest BCUT2D eigenvalue weighted by molar-refractivity contribution is 9.10. The van der Waals surface area contributed by atoms with E-state index in [1.54, 1.807) is 18.2 Å². The Balaban J connectivity index is 1.93. The second-order valence-corrected chi connectivity index (χ2v) is 5.96. The number of benzene rings is 2. The summed E-state index contributed by atoms with van der Waals surface area (Å²) in [5, 5.41) is 8.84. The van der Waals surface area contributed by atoms with Gasteiger partial charge in [-0.05, 0) is 71.6 Å². The number of hydrogen-bond acceptors (Lipinski definition) is 3. The molecule has 2 rings (SSSR count). The molecule has 114 valence electrons. The van der Waals surface area contributed by atoms with Gasteiger partial charge in [0.2, 0.25) is 0 Å². The van der Waals surface area contributed by atoms with Crippen molar-refractivity contribution in [2.45, 2.75) is 20.8 Å². The van der Waals surface area contributed by atoms with Crippen LogP contribution < -0.4 is 9.47 Å². The summed E-state index contributed by atoms with van der Waals surface area (Å²) in [6, 6.07) is 11.5. The second kappa shape index (κ2) is 7.33. The summed E-state index contributed by atoms with van der Waals surface area (Å²) in [6.45, 7) is 7.09. The highest BCUT2D eigenvalue weighted by Crippen LogP contribution is 2.27. The van der Waals surface area contributed by atoms with Crippen LogP contribution in [0.25, 0.3) is 0 Å². The summed E-state index contributed by atoms with van der Waals surface area (Å²) in [7, 11) is 0. The van der Waals surface area contributed by atoms with E-state index in [0.717, 1.165) is 15.8 Å². The van der Waals surface area contributed by atoms with Gasteiger partial charge in [-0.15, -0.1) is 0 Å². The van der Waals surface area contributed by atoms with Crippen LogP contribution in [0.2, 0.25) is 0 Å². The minimum Gasteiger partial charge on any atom is -0.489 e. The van der Waals surface area contributed by atoms with Gasteiger partial charge in [-0.25, -0.2) is 0 Å². The van der Waals surface area contributed by atoms with Crippen LogP contribution in [0, 0.1) is 32.1 Å². The van der Waals surface area contributed by atoms with E-state index in [2.05, 4.69) is 48.0 Å². The molecule has 0 heterocycles. The molecule has 0 aliphatic heterocycles. The summed E-state index contributed by atoms with van der Waals surface area (Å²) in [6.07, 6.45) is 0. The van der Waals surface area contributed by atoms with E-state index in [4.69, 9.17) is 14.7 Å². The summed E-state index contributed by atoms with van der Waals surface area (Å²) >= 11 is 3.40. The van der Waals surface area contributed by atoms with E-state index in [9.17, 15) is 0 Å². The first-order valence-electron chi connectivity index (χ1n) is 7.05. The summed E-state index contributed by atoms with van der Waals surface area (Å²) in [4.78, 5) is 0. The first-order valence-corrected chi connectivity index (χ1v) is 7.84. The molecular formula is C18H18BrNO2. The smallest absolute Gasteiger partial charge is 0.133 e. The number of rotatable bonds is 5. The molecular weight excluding hydrogens is 342 g/mol. The number of halogens is 1. The quantitative estimate of drug-likeness (QED) is 0.726. The average molecular weight is 360 g/mol. The van der Waals surface area contributed by atoms with Gasteiger partial charge in [0, 0.05) is 0 Å².